The van der Waals surface area contributed by atoms with Gasteiger partial charge in [0.05, 0.1) is 6.42 Å². The molecule has 1 aliphatic rings. The first-order valence-electron chi connectivity index (χ1n) is 9.16. The van der Waals surface area contributed by atoms with Crippen LogP contribution < -0.4 is 0 Å². The molecule has 1 N–H and O–H groups in total. The number of rotatable bonds is 5. The fraction of sp³-hybridized carbons (Fsp3) is 0.286. The van der Waals surface area contributed by atoms with E-state index in [0.717, 1.165) is 30.8 Å². The number of likely N-dealkylation sites (tertiary alicyclic amines) is 1. The molecule has 3 aromatic rings. The van der Waals surface area contributed by atoms with Crippen LogP contribution in [0.2, 0.25) is 0 Å². The third kappa shape index (κ3) is 4.22. The first kappa shape index (κ1) is 17.4. The van der Waals surface area contributed by atoms with Crippen LogP contribution >= 0.6 is 0 Å². The quantitative estimate of drug-likeness (QED) is 0.756. The maximum absolute atomic E-state index is 13.3. The van der Waals surface area contributed by atoms with Crippen LogP contribution in [0.25, 0.3) is 11.4 Å². The summed E-state index contributed by atoms with van der Waals surface area (Å²) in [6, 6.07) is 16.1. The molecule has 5 nitrogen and oxygen atoms in total. The van der Waals surface area contributed by atoms with Gasteiger partial charge in [0.1, 0.15) is 11.6 Å². The Kier molecular flexibility index (Phi) is 4.96. The molecule has 6 heteroatoms. The number of aromatic nitrogens is 3. The number of halogens is 1. The van der Waals surface area contributed by atoms with Crippen LogP contribution in [0.3, 0.4) is 0 Å². The Morgan fingerprint density at radius 1 is 1.19 bits per heavy atom. The smallest absolute Gasteiger partial charge is 0.227 e. The molecule has 0 spiro atoms. The van der Waals surface area contributed by atoms with Crippen molar-refractivity contribution >= 4 is 5.91 Å². The second-order valence-corrected chi connectivity index (χ2v) is 6.98. The van der Waals surface area contributed by atoms with E-state index in [-0.39, 0.29) is 18.1 Å². The lowest BCUT2D eigenvalue weighted by Crippen LogP contribution is -2.30. The number of nitrogens with one attached hydrogen (secondary N) is 1. The highest BCUT2D eigenvalue weighted by molar-refractivity contribution is 5.79. The molecule has 0 aliphatic carbocycles. The molecule has 1 fully saturated rings. The van der Waals surface area contributed by atoms with Gasteiger partial charge in [-0.3, -0.25) is 9.89 Å². The predicted molar refractivity (Wildman–Crippen MR) is 100 cm³/mol. The molecule has 1 amide bonds. The average Bonchev–Trinajstić information content (AvgIpc) is 3.33. The van der Waals surface area contributed by atoms with Gasteiger partial charge in [-0.1, -0.05) is 42.5 Å². The van der Waals surface area contributed by atoms with Crippen LogP contribution in [0.4, 0.5) is 4.39 Å². The summed E-state index contributed by atoms with van der Waals surface area (Å²) in [6.07, 6.45) is 1.95. The van der Waals surface area contributed by atoms with E-state index < -0.39 is 0 Å². The third-order valence-corrected chi connectivity index (χ3v) is 4.93. The minimum absolute atomic E-state index is 0.0469. The summed E-state index contributed by atoms with van der Waals surface area (Å²) in [5.41, 5.74) is 1.70. The van der Waals surface area contributed by atoms with Crippen molar-refractivity contribution in [2.75, 3.05) is 13.1 Å². The molecular formula is C21H21FN4O. The number of hydrogen-bond acceptors (Lipinski definition) is 3. The fourth-order valence-corrected chi connectivity index (χ4v) is 3.54. The zero-order valence-corrected chi connectivity index (χ0v) is 14.9. The Hall–Kier alpha value is -3.02. The summed E-state index contributed by atoms with van der Waals surface area (Å²) >= 11 is 0. The minimum atomic E-state index is -0.306. The fourth-order valence-electron chi connectivity index (χ4n) is 3.54. The van der Waals surface area contributed by atoms with Gasteiger partial charge in [0, 0.05) is 25.1 Å². The lowest BCUT2D eigenvalue weighted by Gasteiger charge is -2.16. The summed E-state index contributed by atoms with van der Waals surface area (Å²) < 4.78 is 13.3. The van der Waals surface area contributed by atoms with Crippen molar-refractivity contribution in [3.63, 3.8) is 0 Å². The zero-order valence-electron chi connectivity index (χ0n) is 14.9. The monoisotopic (exact) mass is 364 g/mol. The summed E-state index contributed by atoms with van der Waals surface area (Å²) in [6.45, 7) is 1.44. The van der Waals surface area contributed by atoms with Gasteiger partial charge in [-0.05, 0) is 30.0 Å². The maximum atomic E-state index is 13.3. The molecule has 0 bridgehead atoms. The zero-order chi connectivity index (χ0) is 18.6. The van der Waals surface area contributed by atoms with Gasteiger partial charge >= 0.3 is 0 Å². The lowest BCUT2D eigenvalue weighted by molar-refractivity contribution is -0.129. The molecule has 2 aromatic carbocycles. The highest BCUT2D eigenvalue weighted by atomic mass is 19.1. The van der Waals surface area contributed by atoms with Crippen LogP contribution in [0, 0.1) is 11.7 Å². The maximum Gasteiger partial charge on any atom is 0.227 e. The van der Waals surface area contributed by atoms with E-state index in [1.54, 1.807) is 12.1 Å². The van der Waals surface area contributed by atoms with Crippen molar-refractivity contribution in [2.45, 2.75) is 19.3 Å². The number of benzene rings is 2. The summed E-state index contributed by atoms with van der Waals surface area (Å²) in [7, 11) is 0. The second kappa shape index (κ2) is 7.70. The van der Waals surface area contributed by atoms with E-state index in [4.69, 9.17) is 0 Å². The molecule has 2 heterocycles. The van der Waals surface area contributed by atoms with E-state index in [1.165, 1.54) is 12.1 Å². The highest BCUT2D eigenvalue weighted by Crippen LogP contribution is 2.22. The van der Waals surface area contributed by atoms with Crippen molar-refractivity contribution in [1.29, 1.82) is 0 Å². The molecule has 1 aliphatic heterocycles. The van der Waals surface area contributed by atoms with Crippen LogP contribution in [0.15, 0.2) is 54.6 Å². The molecule has 1 unspecified atom stereocenters. The van der Waals surface area contributed by atoms with Gasteiger partial charge in [0.15, 0.2) is 5.82 Å². The lowest BCUT2D eigenvalue weighted by atomic mass is 10.0. The average molecular weight is 364 g/mol. The number of carbonyl (C=O) groups excluding carboxylic acids is 1. The number of amides is 1. The summed E-state index contributed by atoms with van der Waals surface area (Å²) in [4.78, 5) is 18.9. The molecular weight excluding hydrogens is 343 g/mol. The van der Waals surface area contributed by atoms with Gasteiger partial charge in [-0.15, -0.1) is 0 Å². The molecule has 0 radical (unpaired) electrons. The predicted octanol–water partition coefficient (Wildman–Crippen LogP) is 3.24. The van der Waals surface area contributed by atoms with E-state index in [0.29, 0.717) is 23.9 Å². The Morgan fingerprint density at radius 2 is 2.04 bits per heavy atom. The van der Waals surface area contributed by atoms with Gasteiger partial charge in [0.2, 0.25) is 5.91 Å². The minimum Gasteiger partial charge on any atom is -0.342 e. The standard InChI is InChI=1S/C21H21FN4O/c22-18-8-4-5-15(11-18)13-20(27)26-10-9-16(14-26)12-19-23-21(25-24-19)17-6-2-1-3-7-17/h1-8,11,16H,9-10,12-14H2,(H,23,24,25). The number of aromatic amines is 1. The molecule has 1 atom stereocenters. The van der Waals surface area contributed by atoms with E-state index in [2.05, 4.69) is 15.2 Å². The normalized spacial score (nSPS) is 16.6. The van der Waals surface area contributed by atoms with Gasteiger partial charge in [-0.25, -0.2) is 9.37 Å². The van der Waals surface area contributed by atoms with Crippen molar-refractivity contribution in [3.05, 3.63) is 71.8 Å². The van der Waals surface area contributed by atoms with E-state index >= 15 is 0 Å². The van der Waals surface area contributed by atoms with Crippen LogP contribution in [0.1, 0.15) is 17.8 Å². The molecule has 27 heavy (non-hydrogen) atoms. The van der Waals surface area contributed by atoms with Crippen LogP contribution in [0.5, 0.6) is 0 Å². The molecule has 1 saturated heterocycles. The number of nitrogens with zero attached hydrogens (tertiary/aromatic N) is 3. The number of carbonyl (C=O) groups is 1. The van der Waals surface area contributed by atoms with Crippen molar-refractivity contribution in [1.82, 2.24) is 20.1 Å². The molecule has 1 aromatic heterocycles. The second-order valence-electron chi connectivity index (χ2n) is 6.98. The molecule has 4 rings (SSSR count). The Bertz CT molecular complexity index is 925. The van der Waals surface area contributed by atoms with Gasteiger partial charge in [-0.2, -0.15) is 5.10 Å². The first-order chi connectivity index (χ1) is 13.2. The van der Waals surface area contributed by atoms with Crippen molar-refractivity contribution in [2.24, 2.45) is 5.92 Å². The Morgan fingerprint density at radius 3 is 2.85 bits per heavy atom. The molecule has 138 valence electrons. The van der Waals surface area contributed by atoms with E-state index in [9.17, 15) is 9.18 Å². The molecule has 0 saturated carbocycles. The Labute approximate surface area is 157 Å². The third-order valence-electron chi connectivity index (χ3n) is 4.93. The highest BCUT2D eigenvalue weighted by Gasteiger charge is 2.27. The SMILES string of the molecule is O=C(Cc1cccc(F)c1)N1CCC(Cc2nc(-c3ccccc3)n[nH]2)C1. The van der Waals surface area contributed by atoms with Gasteiger partial charge < -0.3 is 4.90 Å². The number of H-pyrrole nitrogens is 1. The number of hydrogen-bond donors (Lipinski definition) is 1. The van der Waals surface area contributed by atoms with E-state index in [1.807, 2.05) is 35.2 Å². The largest absolute Gasteiger partial charge is 0.342 e. The van der Waals surface area contributed by atoms with Crippen LogP contribution in [-0.4, -0.2) is 39.1 Å². The summed E-state index contributed by atoms with van der Waals surface area (Å²) in [5.74, 6) is 1.64. The summed E-state index contributed by atoms with van der Waals surface area (Å²) in [5, 5.41) is 7.31. The van der Waals surface area contributed by atoms with Gasteiger partial charge in [0.25, 0.3) is 0 Å². The van der Waals surface area contributed by atoms with Crippen LogP contribution in [-0.2, 0) is 17.6 Å². The topological polar surface area (TPSA) is 61.9 Å². The van der Waals surface area contributed by atoms with Crippen molar-refractivity contribution in [3.8, 4) is 11.4 Å². The Balaban J connectivity index is 1.33. The van der Waals surface area contributed by atoms with Crippen molar-refractivity contribution < 1.29 is 9.18 Å². The first-order valence-corrected chi connectivity index (χ1v) is 9.16.